The van der Waals surface area contributed by atoms with Crippen molar-refractivity contribution in [1.29, 1.82) is 0 Å². The van der Waals surface area contributed by atoms with Crippen LogP contribution in [0, 0.1) is 5.92 Å². The summed E-state index contributed by atoms with van der Waals surface area (Å²) in [6.07, 6.45) is 6.55. The Hall–Kier alpha value is -1.08. The summed E-state index contributed by atoms with van der Waals surface area (Å²) in [7, 11) is -3.39. The van der Waals surface area contributed by atoms with E-state index in [1.165, 1.54) is 23.4 Å². The largest absolute Gasteiger partial charge is 0.356 e. The maximum absolute atomic E-state index is 12.1. The molecule has 1 N–H and O–H groups in total. The van der Waals surface area contributed by atoms with E-state index in [0.29, 0.717) is 31.0 Å². The van der Waals surface area contributed by atoms with E-state index in [0.717, 1.165) is 17.3 Å². The van der Waals surface area contributed by atoms with Crippen LogP contribution in [-0.2, 0) is 14.8 Å². The van der Waals surface area contributed by atoms with Gasteiger partial charge in [0.2, 0.25) is 15.9 Å². The molecular formula is C19H31BrN2O3S. The molecule has 1 rings (SSSR count). The summed E-state index contributed by atoms with van der Waals surface area (Å²) in [4.78, 5) is 12.1. The van der Waals surface area contributed by atoms with Gasteiger partial charge in [-0.15, -0.1) is 0 Å². The van der Waals surface area contributed by atoms with Crippen LogP contribution in [0.15, 0.2) is 28.7 Å². The fraction of sp³-hybridized carbons (Fsp3) is 0.632. The molecule has 7 heteroatoms. The minimum atomic E-state index is -3.39. The van der Waals surface area contributed by atoms with Crippen molar-refractivity contribution >= 4 is 37.5 Å². The van der Waals surface area contributed by atoms with Crippen LogP contribution in [-0.4, -0.2) is 33.7 Å². The molecule has 0 fully saturated rings. The number of halogens is 1. The second-order valence-corrected chi connectivity index (χ2v) is 9.46. The van der Waals surface area contributed by atoms with Crippen LogP contribution in [0.4, 0.5) is 5.69 Å². The molecule has 0 saturated carbocycles. The number of benzene rings is 1. The Balaban J connectivity index is 2.51. The first-order valence-electron chi connectivity index (χ1n) is 9.27. The van der Waals surface area contributed by atoms with Crippen LogP contribution in [0.25, 0.3) is 0 Å². The van der Waals surface area contributed by atoms with E-state index in [9.17, 15) is 13.2 Å². The van der Waals surface area contributed by atoms with Gasteiger partial charge in [-0.25, -0.2) is 8.42 Å². The summed E-state index contributed by atoms with van der Waals surface area (Å²) in [5.41, 5.74) is 0.605. The fourth-order valence-corrected chi connectivity index (χ4v) is 4.14. The number of unbranched alkanes of at least 4 members (excludes halogenated alkanes) is 1. The fourth-order valence-electron chi connectivity index (χ4n) is 2.79. The number of rotatable bonds is 12. The topological polar surface area (TPSA) is 66.5 Å². The molecule has 0 saturated heterocycles. The van der Waals surface area contributed by atoms with E-state index in [2.05, 4.69) is 35.1 Å². The van der Waals surface area contributed by atoms with Gasteiger partial charge >= 0.3 is 0 Å². The summed E-state index contributed by atoms with van der Waals surface area (Å²) in [5, 5.41) is 2.99. The Morgan fingerprint density at radius 2 is 2.00 bits per heavy atom. The number of hydrogen-bond acceptors (Lipinski definition) is 3. The smallest absolute Gasteiger partial charge is 0.232 e. The number of sulfonamides is 1. The molecule has 0 aliphatic rings. The van der Waals surface area contributed by atoms with E-state index in [1.54, 1.807) is 18.2 Å². The average molecular weight is 447 g/mol. The van der Waals surface area contributed by atoms with Crippen molar-refractivity contribution in [2.75, 3.05) is 23.7 Å². The number of nitrogens with one attached hydrogen (secondary N) is 1. The molecule has 0 radical (unpaired) electrons. The lowest BCUT2D eigenvalue weighted by Crippen LogP contribution is -2.33. The summed E-state index contributed by atoms with van der Waals surface area (Å²) in [5.74, 6) is 0.510. The summed E-state index contributed by atoms with van der Waals surface area (Å²) >= 11 is 3.36. The number of carbonyl (C=O) groups excluding carboxylic acids is 1. The maximum atomic E-state index is 12.1. The van der Waals surface area contributed by atoms with Gasteiger partial charge in [0.05, 0.1) is 11.9 Å². The maximum Gasteiger partial charge on any atom is 0.232 e. The second kappa shape index (κ2) is 11.6. The van der Waals surface area contributed by atoms with Crippen molar-refractivity contribution in [3.63, 3.8) is 0 Å². The zero-order chi connectivity index (χ0) is 19.6. The number of nitrogens with zero attached hydrogens (tertiary/aromatic N) is 1. The standard InChI is InChI=1S/C19H31BrN2O3S/c1-4-6-9-16(5-2)15-21-19(23)12-8-13-22(26(3,24)25)18-11-7-10-17(20)14-18/h7,10-11,14,16H,4-6,8-9,12-13,15H2,1-3H3,(H,21,23)/t16-/m0/s1. The van der Waals surface area contributed by atoms with E-state index < -0.39 is 10.0 Å². The first-order chi connectivity index (χ1) is 12.3. The SMILES string of the molecule is CCCC[C@H](CC)CNC(=O)CCCN(c1cccc(Br)c1)S(C)(=O)=O. The first kappa shape index (κ1) is 23.0. The molecular weight excluding hydrogens is 416 g/mol. The van der Waals surface area contributed by atoms with Crippen molar-refractivity contribution in [2.24, 2.45) is 5.92 Å². The van der Waals surface area contributed by atoms with Crippen LogP contribution in [0.1, 0.15) is 52.4 Å². The second-order valence-electron chi connectivity index (χ2n) is 6.64. The highest BCUT2D eigenvalue weighted by Crippen LogP contribution is 2.22. The molecule has 0 aromatic heterocycles. The van der Waals surface area contributed by atoms with Gasteiger partial charge in [-0.2, -0.15) is 0 Å². The van der Waals surface area contributed by atoms with Crippen molar-refractivity contribution in [1.82, 2.24) is 5.32 Å². The van der Waals surface area contributed by atoms with E-state index in [-0.39, 0.29) is 12.5 Å². The number of amides is 1. The van der Waals surface area contributed by atoms with E-state index in [4.69, 9.17) is 0 Å². The van der Waals surface area contributed by atoms with Crippen molar-refractivity contribution < 1.29 is 13.2 Å². The van der Waals surface area contributed by atoms with Crippen LogP contribution >= 0.6 is 15.9 Å². The van der Waals surface area contributed by atoms with Crippen molar-refractivity contribution in [2.45, 2.75) is 52.4 Å². The van der Waals surface area contributed by atoms with Gasteiger partial charge in [0.1, 0.15) is 0 Å². The van der Waals surface area contributed by atoms with Gasteiger partial charge in [-0.05, 0) is 37.0 Å². The molecule has 148 valence electrons. The highest BCUT2D eigenvalue weighted by atomic mass is 79.9. The van der Waals surface area contributed by atoms with Gasteiger partial charge in [0, 0.05) is 24.0 Å². The lowest BCUT2D eigenvalue weighted by Gasteiger charge is -2.22. The van der Waals surface area contributed by atoms with E-state index in [1.807, 2.05) is 6.07 Å². The zero-order valence-electron chi connectivity index (χ0n) is 16.0. The molecule has 26 heavy (non-hydrogen) atoms. The monoisotopic (exact) mass is 446 g/mol. The Bertz CT molecular complexity index is 665. The predicted octanol–water partition coefficient (Wildman–Crippen LogP) is 4.33. The quantitative estimate of drug-likeness (QED) is 0.519. The third-order valence-corrected chi connectivity index (χ3v) is 6.08. The van der Waals surface area contributed by atoms with Crippen LogP contribution in [0.3, 0.4) is 0 Å². The third kappa shape index (κ3) is 8.54. The van der Waals surface area contributed by atoms with Gasteiger partial charge in [0.25, 0.3) is 0 Å². The van der Waals surface area contributed by atoms with Crippen LogP contribution < -0.4 is 9.62 Å². The Kier molecular flexibility index (Phi) is 10.2. The molecule has 0 aliphatic carbocycles. The lowest BCUT2D eigenvalue weighted by atomic mass is 9.99. The number of hydrogen-bond donors (Lipinski definition) is 1. The molecule has 1 aromatic rings. The zero-order valence-corrected chi connectivity index (χ0v) is 18.4. The molecule has 0 aliphatic heterocycles. The number of anilines is 1. The minimum absolute atomic E-state index is 0.0114. The van der Waals surface area contributed by atoms with Crippen LogP contribution in [0.2, 0.25) is 0 Å². The van der Waals surface area contributed by atoms with Crippen molar-refractivity contribution in [3.8, 4) is 0 Å². The first-order valence-corrected chi connectivity index (χ1v) is 11.9. The predicted molar refractivity (Wildman–Crippen MR) is 112 cm³/mol. The van der Waals surface area contributed by atoms with Gasteiger partial charge in [-0.1, -0.05) is 55.1 Å². The highest BCUT2D eigenvalue weighted by molar-refractivity contribution is 9.10. The molecule has 0 heterocycles. The van der Waals surface area contributed by atoms with E-state index >= 15 is 0 Å². The molecule has 1 aromatic carbocycles. The Morgan fingerprint density at radius 1 is 1.27 bits per heavy atom. The lowest BCUT2D eigenvalue weighted by molar-refractivity contribution is -0.121. The molecule has 1 atom stereocenters. The molecule has 1 amide bonds. The van der Waals surface area contributed by atoms with Gasteiger partial charge in [-0.3, -0.25) is 9.10 Å². The Labute approximate surface area is 166 Å². The van der Waals surface area contributed by atoms with Crippen molar-refractivity contribution in [3.05, 3.63) is 28.7 Å². The molecule has 0 bridgehead atoms. The molecule has 0 spiro atoms. The normalized spacial score (nSPS) is 12.6. The number of carbonyl (C=O) groups is 1. The molecule has 0 unspecified atom stereocenters. The summed E-state index contributed by atoms with van der Waals surface area (Å²) < 4.78 is 26.3. The minimum Gasteiger partial charge on any atom is -0.356 e. The molecule has 5 nitrogen and oxygen atoms in total. The van der Waals surface area contributed by atoms with Gasteiger partial charge in [0.15, 0.2) is 0 Å². The van der Waals surface area contributed by atoms with Crippen LogP contribution in [0.5, 0.6) is 0 Å². The van der Waals surface area contributed by atoms with Gasteiger partial charge < -0.3 is 5.32 Å². The highest BCUT2D eigenvalue weighted by Gasteiger charge is 2.18. The summed E-state index contributed by atoms with van der Waals surface area (Å²) in [6.45, 7) is 5.31. The average Bonchev–Trinajstić information content (AvgIpc) is 2.57. The third-order valence-electron chi connectivity index (χ3n) is 4.39. The summed E-state index contributed by atoms with van der Waals surface area (Å²) in [6, 6.07) is 7.16. The Morgan fingerprint density at radius 3 is 2.58 bits per heavy atom.